The van der Waals surface area contributed by atoms with Crippen LogP contribution >= 0.6 is 15.9 Å². The number of amides is 2. The Morgan fingerprint density at radius 1 is 1.46 bits per heavy atom. The summed E-state index contributed by atoms with van der Waals surface area (Å²) in [7, 11) is 1.52. The van der Waals surface area contributed by atoms with Crippen LogP contribution in [-0.2, 0) is 12.2 Å². The summed E-state index contributed by atoms with van der Waals surface area (Å²) in [4.78, 5) is 16.1. The van der Waals surface area contributed by atoms with Crippen molar-refractivity contribution in [3.05, 3.63) is 58.2 Å². The highest BCUT2D eigenvalue weighted by molar-refractivity contribution is 9.10. The summed E-state index contributed by atoms with van der Waals surface area (Å²) in [5, 5.41) is 5.37. The molecule has 1 fully saturated rings. The lowest BCUT2D eigenvalue weighted by Crippen LogP contribution is -2.38. The topological polar surface area (TPSA) is 63.2 Å². The van der Waals surface area contributed by atoms with E-state index in [1.165, 1.54) is 7.11 Å². The SMILES string of the molecule is COc1ncc(Br)cc1CNC(=O)NC1CC1(F)c1ccccc1. The molecule has 2 amide bonds. The Hall–Kier alpha value is -2.15. The summed E-state index contributed by atoms with van der Waals surface area (Å²) >= 11 is 3.33. The second kappa shape index (κ2) is 6.76. The normalized spacial score (nSPS) is 21.9. The first kappa shape index (κ1) is 16.7. The molecule has 0 radical (unpaired) electrons. The molecule has 1 aromatic carbocycles. The molecule has 3 rings (SSSR count). The van der Waals surface area contributed by atoms with Gasteiger partial charge in [-0.3, -0.25) is 0 Å². The van der Waals surface area contributed by atoms with Crippen molar-refractivity contribution in [2.45, 2.75) is 24.7 Å². The third-order valence-electron chi connectivity index (χ3n) is 3.98. The number of benzene rings is 1. The molecule has 5 nitrogen and oxygen atoms in total. The molecule has 1 aromatic heterocycles. The minimum atomic E-state index is -1.48. The van der Waals surface area contributed by atoms with Gasteiger partial charge in [-0.25, -0.2) is 14.2 Å². The number of pyridine rings is 1. The van der Waals surface area contributed by atoms with Crippen molar-refractivity contribution in [2.75, 3.05) is 7.11 Å². The predicted octanol–water partition coefficient (Wildman–Crippen LogP) is 3.29. The molecule has 1 saturated carbocycles. The lowest BCUT2D eigenvalue weighted by molar-refractivity contribution is 0.233. The van der Waals surface area contributed by atoms with Gasteiger partial charge in [-0.15, -0.1) is 0 Å². The van der Waals surface area contributed by atoms with Crippen LogP contribution in [-0.4, -0.2) is 24.2 Å². The van der Waals surface area contributed by atoms with Gasteiger partial charge in [-0.2, -0.15) is 0 Å². The minimum absolute atomic E-state index is 0.235. The van der Waals surface area contributed by atoms with Crippen molar-refractivity contribution in [3.8, 4) is 5.88 Å². The van der Waals surface area contributed by atoms with Gasteiger partial charge < -0.3 is 15.4 Å². The number of methoxy groups -OCH3 is 1. The molecule has 1 aliphatic rings. The molecule has 2 unspecified atom stereocenters. The minimum Gasteiger partial charge on any atom is -0.481 e. The van der Waals surface area contributed by atoms with Crippen molar-refractivity contribution in [3.63, 3.8) is 0 Å². The molecule has 0 saturated heterocycles. The molecule has 0 bridgehead atoms. The monoisotopic (exact) mass is 393 g/mol. The molecule has 0 aliphatic heterocycles. The zero-order valence-electron chi connectivity index (χ0n) is 13.1. The van der Waals surface area contributed by atoms with Gasteiger partial charge in [0.25, 0.3) is 0 Å². The van der Waals surface area contributed by atoms with Gasteiger partial charge in [-0.1, -0.05) is 30.3 Å². The molecule has 2 aromatic rings. The highest BCUT2D eigenvalue weighted by atomic mass is 79.9. The molecular weight excluding hydrogens is 377 g/mol. The van der Waals surface area contributed by atoms with Crippen LogP contribution in [0.3, 0.4) is 0 Å². The maximum Gasteiger partial charge on any atom is 0.315 e. The Kier molecular flexibility index (Phi) is 4.71. The van der Waals surface area contributed by atoms with Crippen LogP contribution in [0.15, 0.2) is 47.1 Å². The van der Waals surface area contributed by atoms with E-state index >= 15 is 0 Å². The zero-order valence-corrected chi connectivity index (χ0v) is 14.6. The number of aromatic nitrogens is 1. The maximum atomic E-state index is 14.7. The lowest BCUT2D eigenvalue weighted by Gasteiger charge is -2.12. The van der Waals surface area contributed by atoms with E-state index in [4.69, 9.17) is 4.74 Å². The lowest BCUT2D eigenvalue weighted by atomic mass is 10.1. The molecule has 2 atom stereocenters. The molecule has 24 heavy (non-hydrogen) atoms. The molecule has 2 N–H and O–H groups in total. The smallest absolute Gasteiger partial charge is 0.315 e. The summed E-state index contributed by atoms with van der Waals surface area (Å²) < 4.78 is 20.7. The zero-order chi connectivity index (χ0) is 17.2. The van der Waals surface area contributed by atoms with Crippen LogP contribution in [0.1, 0.15) is 17.5 Å². The summed E-state index contributed by atoms with van der Waals surface area (Å²) in [6.07, 6.45) is 1.90. The highest BCUT2D eigenvalue weighted by Gasteiger charge is 2.57. The van der Waals surface area contributed by atoms with Crippen molar-refractivity contribution < 1.29 is 13.9 Å². The van der Waals surface area contributed by atoms with E-state index in [-0.39, 0.29) is 13.0 Å². The summed E-state index contributed by atoms with van der Waals surface area (Å²) in [5.41, 5.74) is -0.159. The molecule has 7 heteroatoms. The highest BCUT2D eigenvalue weighted by Crippen LogP contribution is 2.49. The van der Waals surface area contributed by atoms with E-state index in [0.29, 0.717) is 11.4 Å². The van der Waals surface area contributed by atoms with Gasteiger partial charge in [0.05, 0.1) is 13.2 Å². The largest absolute Gasteiger partial charge is 0.481 e. The van der Waals surface area contributed by atoms with Crippen molar-refractivity contribution in [1.82, 2.24) is 15.6 Å². The van der Waals surface area contributed by atoms with Crippen molar-refractivity contribution in [1.29, 1.82) is 0 Å². The summed E-state index contributed by atoms with van der Waals surface area (Å²) in [6, 6.07) is 9.77. The Bertz CT molecular complexity index is 744. The second-order valence-electron chi connectivity index (χ2n) is 5.63. The van der Waals surface area contributed by atoms with Crippen LogP contribution in [0.2, 0.25) is 0 Å². The number of urea groups is 1. The van der Waals surface area contributed by atoms with Gasteiger partial charge in [0.2, 0.25) is 5.88 Å². The number of alkyl halides is 1. The van der Waals surface area contributed by atoms with Crippen molar-refractivity contribution in [2.24, 2.45) is 0 Å². The maximum absolute atomic E-state index is 14.7. The van der Waals surface area contributed by atoms with Gasteiger partial charge in [0, 0.05) is 29.2 Å². The number of hydrogen-bond donors (Lipinski definition) is 2. The third kappa shape index (κ3) is 3.51. The number of ether oxygens (including phenoxy) is 1. The fourth-order valence-electron chi connectivity index (χ4n) is 2.60. The number of halogens is 2. The Morgan fingerprint density at radius 2 is 2.21 bits per heavy atom. The number of rotatable bonds is 5. The quantitative estimate of drug-likeness (QED) is 0.818. The van der Waals surface area contributed by atoms with E-state index in [1.54, 1.807) is 30.5 Å². The molecule has 1 heterocycles. The van der Waals surface area contributed by atoms with Gasteiger partial charge in [0.15, 0.2) is 5.67 Å². The summed E-state index contributed by atoms with van der Waals surface area (Å²) in [5.74, 6) is 0.439. The van der Waals surface area contributed by atoms with Crippen LogP contribution < -0.4 is 15.4 Å². The van der Waals surface area contributed by atoms with E-state index in [9.17, 15) is 9.18 Å². The first-order chi connectivity index (χ1) is 11.5. The van der Waals surface area contributed by atoms with Crippen LogP contribution in [0.5, 0.6) is 5.88 Å². The van der Waals surface area contributed by atoms with E-state index < -0.39 is 17.7 Å². The Morgan fingerprint density at radius 3 is 2.92 bits per heavy atom. The average Bonchev–Trinajstić information content (AvgIpc) is 3.25. The van der Waals surface area contributed by atoms with Gasteiger partial charge in [-0.05, 0) is 27.6 Å². The molecule has 126 valence electrons. The number of nitrogens with one attached hydrogen (secondary N) is 2. The van der Waals surface area contributed by atoms with Crippen LogP contribution in [0.25, 0.3) is 0 Å². The first-order valence-corrected chi connectivity index (χ1v) is 8.29. The predicted molar refractivity (Wildman–Crippen MR) is 91.5 cm³/mol. The van der Waals surface area contributed by atoms with Crippen LogP contribution in [0, 0.1) is 0 Å². The molecule has 0 spiro atoms. The van der Waals surface area contributed by atoms with Gasteiger partial charge >= 0.3 is 6.03 Å². The van der Waals surface area contributed by atoms with E-state index in [1.807, 2.05) is 12.1 Å². The van der Waals surface area contributed by atoms with E-state index in [2.05, 4.69) is 31.5 Å². The van der Waals surface area contributed by atoms with Gasteiger partial charge in [0.1, 0.15) is 0 Å². The second-order valence-corrected chi connectivity index (χ2v) is 6.55. The third-order valence-corrected chi connectivity index (χ3v) is 4.41. The number of nitrogens with zero attached hydrogens (tertiary/aromatic N) is 1. The Balaban J connectivity index is 1.55. The van der Waals surface area contributed by atoms with E-state index in [0.717, 1.165) is 10.0 Å². The average molecular weight is 394 g/mol. The first-order valence-electron chi connectivity index (χ1n) is 7.50. The Labute approximate surface area is 147 Å². The fraction of sp³-hybridized carbons (Fsp3) is 0.294. The standard InChI is InChI=1S/C17H17BrFN3O2/c1-24-15-11(7-13(18)10-20-15)9-21-16(23)22-14-8-17(14,19)12-5-3-2-4-6-12/h2-7,10,14H,8-9H2,1H3,(H2,21,22,23). The van der Waals surface area contributed by atoms with Crippen LogP contribution in [0.4, 0.5) is 9.18 Å². The molecule has 1 aliphatic carbocycles. The number of carbonyl (C=O) groups excluding carboxylic acids is 1. The number of carbonyl (C=O) groups is 1. The summed E-state index contributed by atoms with van der Waals surface area (Å²) in [6.45, 7) is 0.235. The van der Waals surface area contributed by atoms with Crippen molar-refractivity contribution >= 4 is 22.0 Å². The number of hydrogen-bond acceptors (Lipinski definition) is 3. The molecular formula is C17H17BrFN3O2. The fourth-order valence-corrected chi connectivity index (χ4v) is 2.98.